The second kappa shape index (κ2) is 2.12. The van der Waals surface area contributed by atoms with Gasteiger partial charge in [-0.3, -0.25) is 0 Å². The van der Waals surface area contributed by atoms with Crippen LogP contribution in [-0.2, 0) is 0 Å². The lowest BCUT2D eigenvalue weighted by molar-refractivity contribution is 0.669. The molecule has 2 saturated heterocycles. The smallest absolute Gasteiger partial charge is 0.147 e. The molecule has 0 saturated carbocycles. The largest absolute Gasteiger partial charge is 0.173 e. The van der Waals surface area contributed by atoms with Crippen LogP contribution in [0.4, 0.5) is 0 Å². The Labute approximate surface area is 78.4 Å². The fraction of sp³-hybridized carbons (Fsp3) is 1.00. The van der Waals surface area contributed by atoms with Crippen molar-refractivity contribution in [3.05, 3.63) is 0 Å². The first-order chi connectivity index (χ1) is 5.33. The Kier molecular flexibility index (Phi) is 1.36. The highest BCUT2D eigenvalue weighted by Gasteiger charge is 2.54. The average molecular weight is 204 g/mol. The molecule has 11 heavy (non-hydrogen) atoms. The van der Waals surface area contributed by atoms with Crippen molar-refractivity contribution in [1.29, 1.82) is 0 Å². The molecule has 60 valence electrons. The Morgan fingerprint density at radius 1 is 0.818 bits per heavy atom. The SMILES string of the molecule is C1SCC12N=NC1(CSC1)S2. The summed E-state index contributed by atoms with van der Waals surface area (Å²) < 4.78 is 0. The van der Waals surface area contributed by atoms with E-state index in [-0.39, 0.29) is 9.74 Å². The highest BCUT2D eigenvalue weighted by atomic mass is 32.2. The lowest BCUT2D eigenvalue weighted by Gasteiger charge is -2.38. The fourth-order valence-electron chi connectivity index (χ4n) is 1.36. The van der Waals surface area contributed by atoms with Gasteiger partial charge in [0.25, 0.3) is 0 Å². The third-order valence-electron chi connectivity index (χ3n) is 2.10. The maximum atomic E-state index is 4.40. The summed E-state index contributed by atoms with van der Waals surface area (Å²) in [5.41, 5.74) is 0. The van der Waals surface area contributed by atoms with E-state index in [9.17, 15) is 0 Å². The maximum Gasteiger partial charge on any atom is 0.147 e. The molecule has 2 spiro atoms. The normalized spacial score (nSPS) is 35.6. The van der Waals surface area contributed by atoms with Crippen LogP contribution in [0.15, 0.2) is 10.2 Å². The van der Waals surface area contributed by atoms with Gasteiger partial charge in [-0.1, -0.05) is 11.8 Å². The number of nitrogens with zero attached hydrogens (tertiary/aromatic N) is 2. The minimum atomic E-state index is 0.228. The van der Waals surface area contributed by atoms with Gasteiger partial charge in [-0.05, 0) is 0 Å². The molecule has 0 aliphatic carbocycles. The zero-order valence-corrected chi connectivity index (χ0v) is 8.40. The third kappa shape index (κ3) is 0.906. The van der Waals surface area contributed by atoms with Crippen molar-refractivity contribution >= 4 is 35.3 Å². The van der Waals surface area contributed by atoms with Crippen LogP contribution in [0, 0.1) is 0 Å². The van der Waals surface area contributed by atoms with E-state index in [1.165, 1.54) is 23.0 Å². The lowest BCUT2D eigenvalue weighted by atomic mass is 10.4. The van der Waals surface area contributed by atoms with Crippen LogP contribution in [0.25, 0.3) is 0 Å². The van der Waals surface area contributed by atoms with Gasteiger partial charge < -0.3 is 0 Å². The van der Waals surface area contributed by atoms with Gasteiger partial charge in [0.15, 0.2) is 0 Å². The predicted octanol–water partition coefficient (Wildman–Crippen LogP) is 2.07. The molecule has 3 rings (SSSR count). The summed E-state index contributed by atoms with van der Waals surface area (Å²) in [6.07, 6.45) is 0. The maximum absolute atomic E-state index is 4.40. The van der Waals surface area contributed by atoms with E-state index in [1.54, 1.807) is 0 Å². The van der Waals surface area contributed by atoms with Crippen molar-refractivity contribution in [2.45, 2.75) is 9.74 Å². The highest BCUT2D eigenvalue weighted by molar-refractivity contribution is 8.11. The summed E-state index contributed by atoms with van der Waals surface area (Å²) in [6, 6.07) is 0. The molecule has 0 bridgehead atoms. The minimum Gasteiger partial charge on any atom is -0.173 e. The second-order valence-corrected chi connectivity index (χ2v) is 6.88. The second-order valence-electron chi connectivity index (χ2n) is 3.18. The van der Waals surface area contributed by atoms with Gasteiger partial charge in [-0.2, -0.15) is 33.8 Å². The summed E-state index contributed by atoms with van der Waals surface area (Å²) in [5, 5.41) is 8.80. The molecule has 0 aromatic rings. The van der Waals surface area contributed by atoms with Gasteiger partial charge in [0.1, 0.15) is 9.74 Å². The first kappa shape index (κ1) is 7.09. The molecule has 0 amide bonds. The van der Waals surface area contributed by atoms with E-state index < -0.39 is 0 Å². The van der Waals surface area contributed by atoms with E-state index in [0.717, 1.165) is 0 Å². The molecule has 0 radical (unpaired) electrons. The number of hydrogen-bond acceptors (Lipinski definition) is 5. The van der Waals surface area contributed by atoms with Crippen molar-refractivity contribution in [3.63, 3.8) is 0 Å². The molecular weight excluding hydrogens is 196 g/mol. The molecular formula is C6H8N2S3. The monoisotopic (exact) mass is 204 g/mol. The third-order valence-corrected chi connectivity index (χ3v) is 7.06. The van der Waals surface area contributed by atoms with Crippen LogP contribution >= 0.6 is 35.3 Å². The van der Waals surface area contributed by atoms with Crippen LogP contribution in [0.3, 0.4) is 0 Å². The first-order valence-electron chi connectivity index (χ1n) is 3.62. The molecule has 3 aliphatic rings. The van der Waals surface area contributed by atoms with Crippen LogP contribution in [0.2, 0.25) is 0 Å². The number of hydrogen-bond donors (Lipinski definition) is 0. The molecule has 2 nitrogen and oxygen atoms in total. The quantitative estimate of drug-likeness (QED) is 0.604. The summed E-state index contributed by atoms with van der Waals surface area (Å²) >= 11 is 5.99. The Morgan fingerprint density at radius 3 is 1.45 bits per heavy atom. The summed E-state index contributed by atoms with van der Waals surface area (Å²) in [4.78, 5) is 0.456. The van der Waals surface area contributed by atoms with Crippen molar-refractivity contribution < 1.29 is 0 Å². The highest BCUT2D eigenvalue weighted by Crippen LogP contribution is 2.58. The van der Waals surface area contributed by atoms with Gasteiger partial charge in [-0.25, -0.2) is 0 Å². The Bertz CT molecular complexity index is 198. The predicted molar refractivity (Wildman–Crippen MR) is 52.6 cm³/mol. The fourth-order valence-corrected chi connectivity index (χ4v) is 5.51. The van der Waals surface area contributed by atoms with Crippen molar-refractivity contribution in [2.75, 3.05) is 23.0 Å². The molecule has 2 fully saturated rings. The number of azo groups is 1. The molecule has 0 aromatic carbocycles. The van der Waals surface area contributed by atoms with E-state index in [1.807, 2.05) is 35.3 Å². The van der Waals surface area contributed by atoms with Crippen molar-refractivity contribution in [3.8, 4) is 0 Å². The Hall–Kier alpha value is 0.650. The standard InChI is InChI=1S/C6H8N2S3/c1-5(2-9-1)7-8-6(11-5)3-10-4-6/h1-4H2. The molecule has 3 heterocycles. The summed E-state index contributed by atoms with van der Waals surface area (Å²) in [7, 11) is 0. The number of rotatable bonds is 0. The summed E-state index contributed by atoms with van der Waals surface area (Å²) in [6.45, 7) is 0. The zero-order chi connectivity index (χ0) is 7.36. The van der Waals surface area contributed by atoms with Crippen LogP contribution in [0.5, 0.6) is 0 Å². The van der Waals surface area contributed by atoms with Crippen molar-refractivity contribution in [2.24, 2.45) is 10.2 Å². The zero-order valence-electron chi connectivity index (χ0n) is 5.95. The Balaban J connectivity index is 1.82. The Morgan fingerprint density at radius 2 is 1.27 bits per heavy atom. The molecule has 0 unspecified atom stereocenters. The lowest BCUT2D eigenvalue weighted by Crippen LogP contribution is -2.43. The summed E-state index contributed by atoms with van der Waals surface area (Å²) in [5.74, 6) is 4.75. The minimum absolute atomic E-state index is 0.228. The molecule has 3 aliphatic heterocycles. The van der Waals surface area contributed by atoms with Gasteiger partial charge in [0.05, 0.1) is 0 Å². The molecule has 0 atom stereocenters. The molecule has 0 aromatic heterocycles. The van der Waals surface area contributed by atoms with E-state index in [4.69, 9.17) is 0 Å². The average Bonchev–Trinajstić information content (AvgIpc) is 2.23. The van der Waals surface area contributed by atoms with Crippen LogP contribution < -0.4 is 0 Å². The first-order valence-corrected chi connectivity index (χ1v) is 6.75. The number of thioether (sulfide) groups is 3. The van der Waals surface area contributed by atoms with E-state index in [0.29, 0.717) is 0 Å². The van der Waals surface area contributed by atoms with Gasteiger partial charge in [0, 0.05) is 23.0 Å². The molecule has 0 N–H and O–H groups in total. The molecule has 5 heteroatoms. The van der Waals surface area contributed by atoms with Crippen molar-refractivity contribution in [1.82, 2.24) is 0 Å². The van der Waals surface area contributed by atoms with Gasteiger partial charge in [-0.15, -0.1) is 0 Å². The van der Waals surface area contributed by atoms with Crippen LogP contribution in [0.1, 0.15) is 0 Å². The van der Waals surface area contributed by atoms with Gasteiger partial charge in [0.2, 0.25) is 0 Å². The van der Waals surface area contributed by atoms with E-state index in [2.05, 4.69) is 10.2 Å². The topological polar surface area (TPSA) is 24.7 Å². The van der Waals surface area contributed by atoms with E-state index >= 15 is 0 Å². The van der Waals surface area contributed by atoms with Gasteiger partial charge >= 0.3 is 0 Å². The van der Waals surface area contributed by atoms with Crippen LogP contribution in [-0.4, -0.2) is 32.8 Å².